The first-order valence-electron chi connectivity index (χ1n) is 6.05. The van der Waals surface area contributed by atoms with E-state index in [2.05, 4.69) is 10.3 Å². The van der Waals surface area contributed by atoms with Crippen LogP contribution >= 0.6 is 0 Å². The van der Waals surface area contributed by atoms with Gasteiger partial charge in [-0.15, -0.1) is 0 Å². The van der Waals surface area contributed by atoms with Gasteiger partial charge in [-0.3, -0.25) is 14.6 Å². The molecule has 0 saturated heterocycles. The SMILES string of the molecule is O=[C][C@H](Cc1ccc(O)cc1)NC(=O)c1cccnc1. The number of aromatic nitrogens is 1. The molecule has 0 bridgehead atoms. The van der Waals surface area contributed by atoms with Crippen molar-refractivity contribution in [3.63, 3.8) is 0 Å². The van der Waals surface area contributed by atoms with E-state index in [1.807, 2.05) is 0 Å². The summed E-state index contributed by atoms with van der Waals surface area (Å²) in [7, 11) is 0. The van der Waals surface area contributed by atoms with E-state index in [1.165, 1.54) is 18.3 Å². The van der Waals surface area contributed by atoms with Crippen molar-refractivity contribution < 1.29 is 14.7 Å². The van der Waals surface area contributed by atoms with Gasteiger partial charge in [-0.2, -0.15) is 0 Å². The van der Waals surface area contributed by atoms with Crippen molar-refractivity contribution in [2.24, 2.45) is 0 Å². The summed E-state index contributed by atoms with van der Waals surface area (Å²) in [6, 6.07) is 8.96. The lowest BCUT2D eigenvalue weighted by molar-refractivity contribution is 0.0946. The van der Waals surface area contributed by atoms with Gasteiger partial charge < -0.3 is 10.4 Å². The summed E-state index contributed by atoms with van der Waals surface area (Å²) < 4.78 is 0. The number of nitrogens with one attached hydrogen (secondary N) is 1. The Morgan fingerprint density at radius 2 is 2.05 bits per heavy atom. The number of hydrogen-bond donors (Lipinski definition) is 2. The zero-order chi connectivity index (χ0) is 14.4. The number of carbonyl (C=O) groups excluding carboxylic acids is 2. The van der Waals surface area contributed by atoms with Crippen LogP contribution in [-0.4, -0.2) is 28.3 Å². The molecule has 2 rings (SSSR count). The highest BCUT2D eigenvalue weighted by molar-refractivity contribution is 5.95. The van der Waals surface area contributed by atoms with E-state index in [-0.39, 0.29) is 11.7 Å². The zero-order valence-corrected chi connectivity index (χ0v) is 10.6. The molecule has 1 amide bonds. The van der Waals surface area contributed by atoms with E-state index in [9.17, 15) is 14.7 Å². The first-order valence-corrected chi connectivity index (χ1v) is 6.05. The maximum atomic E-state index is 11.9. The van der Waals surface area contributed by atoms with Crippen molar-refractivity contribution >= 4 is 12.2 Å². The van der Waals surface area contributed by atoms with Gasteiger partial charge in [0.2, 0.25) is 6.29 Å². The average Bonchev–Trinajstić information content (AvgIpc) is 2.49. The molecule has 0 fully saturated rings. The second-order valence-corrected chi connectivity index (χ2v) is 4.26. The molecule has 0 aliphatic heterocycles. The molecule has 2 N–H and O–H groups in total. The van der Waals surface area contributed by atoms with Gasteiger partial charge in [0.05, 0.1) is 11.6 Å². The summed E-state index contributed by atoms with van der Waals surface area (Å²) in [5.74, 6) is -0.218. The van der Waals surface area contributed by atoms with Crippen molar-refractivity contribution in [3.05, 3.63) is 59.9 Å². The first kappa shape index (κ1) is 13.7. The van der Waals surface area contributed by atoms with Crippen LogP contribution in [0.25, 0.3) is 0 Å². The lowest BCUT2D eigenvalue weighted by atomic mass is 10.1. The van der Waals surface area contributed by atoms with E-state index in [0.29, 0.717) is 12.0 Å². The molecule has 1 aromatic carbocycles. The number of nitrogens with zero attached hydrogens (tertiary/aromatic N) is 1. The van der Waals surface area contributed by atoms with Crippen LogP contribution in [-0.2, 0) is 11.2 Å². The number of phenols is 1. The number of hydrogen-bond acceptors (Lipinski definition) is 4. The fourth-order valence-corrected chi connectivity index (χ4v) is 1.73. The smallest absolute Gasteiger partial charge is 0.253 e. The van der Waals surface area contributed by atoms with Gasteiger partial charge in [0.15, 0.2) is 0 Å². The van der Waals surface area contributed by atoms with Gasteiger partial charge in [-0.05, 0) is 29.8 Å². The van der Waals surface area contributed by atoms with Crippen LogP contribution in [0.1, 0.15) is 15.9 Å². The molecule has 5 nitrogen and oxygen atoms in total. The number of aromatic hydroxyl groups is 1. The van der Waals surface area contributed by atoms with Gasteiger partial charge in [-0.1, -0.05) is 12.1 Å². The predicted molar refractivity (Wildman–Crippen MR) is 73.0 cm³/mol. The highest BCUT2D eigenvalue weighted by atomic mass is 16.3. The number of amides is 1. The second-order valence-electron chi connectivity index (χ2n) is 4.26. The maximum absolute atomic E-state index is 11.9. The minimum Gasteiger partial charge on any atom is -0.508 e. The Morgan fingerprint density at radius 1 is 1.30 bits per heavy atom. The van der Waals surface area contributed by atoms with Gasteiger partial charge in [-0.25, -0.2) is 0 Å². The van der Waals surface area contributed by atoms with Crippen molar-refractivity contribution in [3.8, 4) is 5.75 Å². The van der Waals surface area contributed by atoms with E-state index >= 15 is 0 Å². The highest BCUT2D eigenvalue weighted by Gasteiger charge is 2.14. The van der Waals surface area contributed by atoms with Crippen LogP contribution in [0.4, 0.5) is 0 Å². The standard InChI is InChI=1S/C15H13N2O3/c18-10-13(8-11-3-5-14(19)6-4-11)17-15(20)12-2-1-7-16-9-12/h1-7,9,13,19H,8H2,(H,17,20)/t13-/m0/s1. The molecule has 1 radical (unpaired) electrons. The second kappa shape index (κ2) is 6.47. The van der Waals surface area contributed by atoms with Gasteiger partial charge in [0.1, 0.15) is 5.75 Å². The van der Waals surface area contributed by atoms with Crippen LogP contribution in [0.5, 0.6) is 5.75 Å². The number of rotatable bonds is 5. The Kier molecular flexibility index (Phi) is 4.44. The quantitative estimate of drug-likeness (QED) is 0.855. The molecular weight excluding hydrogens is 256 g/mol. The molecule has 1 atom stereocenters. The number of benzene rings is 1. The summed E-state index contributed by atoms with van der Waals surface area (Å²) in [4.78, 5) is 26.7. The predicted octanol–water partition coefficient (Wildman–Crippen LogP) is 1.24. The van der Waals surface area contributed by atoms with Crippen molar-refractivity contribution in [1.29, 1.82) is 0 Å². The molecule has 1 aromatic heterocycles. The molecule has 101 valence electrons. The van der Waals surface area contributed by atoms with Gasteiger partial charge in [0, 0.05) is 18.8 Å². The molecule has 0 spiro atoms. The summed E-state index contributed by atoms with van der Waals surface area (Å²) in [6.45, 7) is 0. The van der Waals surface area contributed by atoms with Crippen molar-refractivity contribution in [2.75, 3.05) is 0 Å². The minimum atomic E-state index is -0.743. The Bertz CT molecular complexity index is 582. The third-order valence-corrected chi connectivity index (χ3v) is 2.75. The largest absolute Gasteiger partial charge is 0.508 e. The molecule has 0 saturated carbocycles. The minimum absolute atomic E-state index is 0.153. The summed E-state index contributed by atoms with van der Waals surface area (Å²) in [6.07, 6.45) is 5.11. The summed E-state index contributed by atoms with van der Waals surface area (Å²) in [5.41, 5.74) is 1.21. The first-order chi connectivity index (χ1) is 9.69. The van der Waals surface area contributed by atoms with Crippen LogP contribution in [0.15, 0.2) is 48.8 Å². The van der Waals surface area contributed by atoms with Crippen LogP contribution in [0.2, 0.25) is 0 Å². The Hall–Kier alpha value is -2.69. The number of phenolic OH excluding ortho intramolecular Hbond substituents is 1. The lowest BCUT2D eigenvalue weighted by Gasteiger charge is -2.12. The van der Waals surface area contributed by atoms with E-state index < -0.39 is 6.04 Å². The van der Waals surface area contributed by atoms with Crippen LogP contribution in [0.3, 0.4) is 0 Å². The van der Waals surface area contributed by atoms with Gasteiger partial charge in [0.25, 0.3) is 5.91 Å². The molecule has 0 unspecified atom stereocenters. The third kappa shape index (κ3) is 3.65. The van der Waals surface area contributed by atoms with Crippen LogP contribution < -0.4 is 5.32 Å². The van der Waals surface area contributed by atoms with Crippen molar-refractivity contribution in [1.82, 2.24) is 10.3 Å². The van der Waals surface area contributed by atoms with E-state index in [1.54, 1.807) is 36.7 Å². The van der Waals surface area contributed by atoms with Crippen molar-refractivity contribution in [2.45, 2.75) is 12.5 Å². The molecule has 1 heterocycles. The van der Waals surface area contributed by atoms with E-state index in [0.717, 1.165) is 5.56 Å². The lowest BCUT2D eigenvalue weighted by Crippen LogP contribution is -2.37. The molecule has 0 aliphatic carbocycles. The third-order valence-electron chi connectivity index (χ3n) is 2.75. The number of pyridine rings is 1. The molecule has 5 heteroatoms. The Labute approximate surface area is 116 Å². The fraction of sp³-hybridized carbons (Fsp3) is 0.133. The fourth-order valence-electron chi connectivity index (χ4n) is 1.73. The highest BCUT2D eigenvalue weighted by Crippen LogP contribution is 2.11. The zero-order valence-electron chi connectivity index (χ0n) is 10.6. The maximum Gasteiger partial charge on any atom is 0.253 e. The average molecular weight is 269 g/mol. The molecular formula is C15H13N2O3. The molecule has 20 heavy (non-hydrogen) atoms. The normalized spacial score (nSPS) is 11.6. The Morgan fingerprint density at radius 3 is 2.65 bits per heavy atom. The van der Waals surface area contributed by atoms with Gasteiger partial charge >= 0.3 is 0 Å². The van der Waals surface area contributed by atoms with Crippen LogP contribution in [0, 0.1) is 0 Å². The monoisotopic (exact) mass is 269 g/mol. The topological polar surface area (TPSA) is 79.3 Å². The number of carbonyl (C=O) groups is 1. The summed E-state index contributed by atoms with van der Waals surface area (Å²) in [5, 5.41) is 11.8. The van der Waals surface area contributed by atoms with E-state index in [4.69, 9.17) is 0 Å². The molecule has 2 aromatic rings. The summed E-state index contributed by atoms with van der Waals surface area (Å²) >= 11 is 0. The Balaban J connectivity index is 2.00. The molecule has 0 aliphatic rings.